The first-order valence-electron chi connectivity index (χ1n) is 37.4. The van der Waals surface area contributed by atoms with Gasteiger partial charge in [0.2, 0.25) is 0 Å². The molecule has 98 heavy (non-hydrogen) atoms. The second-order valence-electron chi connectivity index (χ2n) is 24.5. The van der Waals surface area contributed by atoms with Gasteiger partial charge in [-0.25, -0.2) is 9.13 Å². The Morgan fingerprint density at radius 2 is 0.551 bits per heavy atom. The van der Waals surface area contributed by atoms with Crippen LogP contribution in [0, 0.1) is 0 Å². The van der Waals surface area contributed by atoms with Gasteiger partial charge in [-0.1, -0.05) is 264 Å². The number of carbonyl (C=O) groups excluding carboxylic acids is 4. The first-order valence-corrected chi connectivity index (χ1v) is 40.4. The summed E-state index contributed by atoms with van der Waals surface area (Å²) in [6.07, 6.45) is 77.5. The molecule has 19 heteroatoms. The number of hydrogen-bond donors (Lipinski definition) is 3. The largest absolute Gasteiger partial charge is 0.472 e. The molecule has 0 aromatic carbocycles. The molecular formula is C79H132O17P2. The number of aliphatic hydroxyl groups excluding tert-OH is 1. The average molecular weight is 1420 g/mol. The molecular weight excluding hydrogens is 1280 g/mol. The van der Waals surface area contributed by atoms with Crippen molar-refractivity contribution in [2.45, 2.75) is 303 Å². The molecule has 0 rings (SSSR count). The zero-order chi connectivity index (χ0) is 71.8. The number of rotatable bonds is 69. The van der Waals surface area contributed by atoms with Gasteiger partial charge in [0.1, 0.15) is 19.3 Å². The molecule has 5 unspecified atom stereocenters. The van der Waals surface area contributed by atoms with Crippen molar-refractivity contribution >= 4 is 39.5 Å². The molecule has 17 nitrogen and oxygen atoms in total. The van der Waals surface area contributed by atoms with Crippen LogP contribution in [0.2, 0.25) is 0 Å². The fraction of sp³-hybridized carbons (Fsp3) is 0.671. The van der Waals surface area contributed by atoms with Crippen LogP contribution in [-0.2, 0) is 65.4 Å². The van der Waals surface area contributed by atoms with Crippen LogP contribution in [-0.4, -0.2) is 96.7 Å². The fourth-order valence-electron chi connectivity index (χ4n) is 9.44. The van der Waals surface area contributed by atoms with Crippen LogP contribution in [0.4, 0.5) is 0 Å². The van der Waals surface area contributed by atoms with Crippen LogP contribution < -0.4 is 0 Å². The lowest BCUT2D eigenvalue weighted by atomic mass is 10.1. The number of aliphatic hydroxyl groups is 1. The summed E-state index contributed by atoms with van der Waals surface area (Å²) in [7, 11) is -9.97. The minimum atomic E-state index is -4.99. The average Bonchev–Trinajstić information content (AvgIpc) is 1.03. The van der Waals surface area contributed by atoms with E-state index in [9.17, 15) is 43.2 Å². The van der Waals surface area contributed by atoms with Crippen molar-refractivity contribution in [2.75, 3.05) is 39.6 Å². The van der Waals surface area contributed by atoms with Crippen molar-refractivity contribution in [3.63, 3.8) is 0 Å². The van der Waals surface area contributed by atoms with Crippen molar-refractivity contribution in [1.29, 1.82) is 0 Å². The molecule has 3 N–H and O–H groups in total. The molecule has 0 bridgehead atoms. The normalized spacial score (nSPS) is 14.7. The van der Waals surface area contributed by atoms with E-state index in [0.717, 1.165) is 148 Å². The van der Waals surface area contributed by atoms with Crippen LogP contribution in [0.25, 0.3) is 0 Å². The summed E-state index contributed by atoms with van der Waals surface area (Å²) in [4.78, 5) is 72.7. The van der Waals surface area contributed by atoms with E-state index in [4.69, 9.17) is 37.0 Å². The molecule has 0 heterocycles. The Balaban J connectivity index is 5.36. The van der Waals surface area contributed by atoms with Crippen LogP contribution in [0.3, 0.4) is 0 Å². The zero-order valence-electron chi connectivity index (χ0n) is 60.9. The number of hydrogen-bond acceptors (Lipinski definition) is 15. The van der Waals surface area contributed by atoms with E-state index >= 15 is 0 Å². The highest BCUT2D eigenvalue weighted by Gasteiger charge is 2.30. The summed E-state index contributed by atoms with van der Waals surface area (Å²) in [5.74, 6) is -2.29. The SMILES string of the molecule is CC/C=C\C/C=C\C/C=C\C/C=C\C/C=C\CCCCCC(=O)OCC(COP(=O)(O)OCC(O)COP(=O)(O)OCC(COC(=O)CCC/C=C\C/C=C\C/C=C\C/C=C\C/C=C\CC)OC(=O)CCCCCCC/C=C\CCCC)OC(=O)CCCCCCCCCCCCC. The van der Waals surface area contributed by atoms with E-state index in [1.54, 1.807) is 0 Å². The van der Waals surface area contributed by atoms with Gasteiger partial charge in [-0.2, -0.15) is 0 Å². The first kappa shape index (κ1) is 93.2. The van der Waals surface area contributed by atoms with E-state index < -0.39 is 97.5 Å². The highest BCUT2D eigenvalue weighted by atomic mass is 31.2. The van der Waals surface area contributed by atoms with E-state index in [-0.39, 0.29) is 25.7 Å². The molecule has 0 aliphatic carbocycles. The van der Waals surface area contributed by atoms with E-state index in [0.29, 0.717) is 32.1 Å². The molecule has 0 fully saturated rings. The Bertz CT molecular complexity index is 2380. The summed E-state index contributed by atoms with van der Waals surface area (Å²) >= 11 is 0. The van der Waals surface area contributed by atoms with Gasteiger partial charge < -0.3 is 33.8 Å². The van der Waals surface area contributed by atoms with Gasteiger partial charge >= 0.3 is 39.5 Å². The van der Waals surface area contributed by atoms with Gasteiger partial charge in [0.15, 0.2) is 12.2 Å². The number of phosphoric acid groups is 2. The fourth-order valence-corrected chi connectivity index (χ4v) is 11.0. The standard InChI is InChI=1S/C79H132O17P2/c1-5-9-13-17-21-25-29-31-33-35-36-38-40-42-46-48-52-56-60-64-77(82)90-70-75(96-79(84)66-62-58-54-50-44-28-24-20-16-12-8-4)72-94-98(87,88)92-68-73(80)67-91-97(85,86)93-71-74(95-78(83)65-61-57-53-49-43-27-23-19-15-11-7-3)69-89-76(81)63-59-55-51-47-45-41-39-37-34-32-30-26-22-18-14-10-6-2/h9-10,13-14,19,21-23,25-26,31-34,36,38-39,41-42,46-47,51,73-75,80H,5-8,11-12,15-18,20,24,27-30,35,37,40,43-45,48-50,52-72H2,1-4H3,(H,85,86)(H,87,88)/b13-9-,14-10-,23-19-,25-21-,26-22-,33-31-,34-32-,38-36-,41-39-,46-42-,51-47-. The van der Waals surface area contributed by atoms with E-state index in [1.165, 1.54) is 51.4 Å². The number of allylic oxidation sites excluding steroid dienone is 22. The second-order valence-corrected chi connectivity index (χ2v) is 27.4. The van der Waals surface area contributed by atoms with Gasteiger partial charge in [0.05, 0.1) is 26.4 Å². The van der Waals surface area contributed by atoms with Crippen molar-refractivity contribution in [2.24, 2.45) is 0 Å². The lowest BCUT2D eigenvalue weighted by Crippen LogP contribution is -2.30. The third-order valence-electron chi connectivity index (χ3n) is 15.1. The third kappa shape index (κ3) is 69.7. The van der Waals surface area contributed by atoms with Gasteiger partial charge in [-0.15, -0.1) is 0 Å². The molecule has 0 aromatic rings. The molecule has 5 atom stereocenters. The number of carbonyl (C=O) groups is 4. The van der Waals surface area contributed by atoms with Gasteiger partial charge in [-0.3, -0.25) is 37.3 Å². The maximum absolute atomic E-state index is 13.1. The Hall–Kier alpha value is -4.80. The predicted octanol–water partition coefficient (Wildman–Crippen LogP) is 21.3. The molecule has 0 saturated heterocycles. The van der Waals surface area contributed by atoms with Crippen molar-refractivity contribution in [1.82, 2.24) is 0 Å². The predicted molar refractivity (Wildman–Crippen MR) is 399 cm³/mol. The quantitative estimate of drug-likeness (QED) is 0.0169. The highest BCUT2D eigenvalue weighted by Crippen LogP contribution is 2.45. The summed E-state index contributed by atoms with van der Waals surface area (Å²) in [5.41, 5.74) is 0. The summed E-state index contributed by atoms with van der Waals surface area (Å²) in [6.45, 7) is 4.47. The summed E-state index contributed by atoms with van der Waals surface area (Å²) < 4.78 is 68.3. The highest BCUT2D eigenvalue weighted by molar-refractivity contribution is 7.47. The minimum Gasteiger partial charge on any atom is -0.462 e. The van der Waals surface area contributed by atoms with Gasteiger partial charge in [0, 0.05) is 25.7 Å². The van der Waals surface area contributed by atoms with Crippen molar-refractivity contribution < 1.29 is 80.2 Å². The molecule has 0 aromatic heterocycles. The lowest BCUT2D eigenvalue weighted by molar-refractivity contribution is -0.161. The molecule has 0 amide bonds. The van der Waals surface area contributed by atoms with Crippen LogP contribution in [0.15, 0.2) is 134 Å². The number of phosphoric ester groups is 2. The molecule has 0 aliphatic rings. The Kier molecular flexibility index (Phi) is 67.2. The third-order valence-corrected chi connectivity index (χ3v) is 17.0. The molecule has 0 spiro atoms. The topological polar surface area (TPSA) is 237 Å². The molecule has 0 radical (unpaired) electrons. The monoisotopic (exact) mass is 1410 g/mol. The lowest BCUT2D eigenvalue weighted by Gasteiger charge is -2.21. The number of esters is 4. The minimum absolute atomic E-state index is 0.0690. The maximum Gasteiger partial charge on any atom is 0.472 e. The van der Waals surface area contributed by atoms with E-state index in [1.807, 2.05) is 12.2 Å². The molecule has 560 valence electrons. The maximum atomic E-state index is 13.1. The van der Waals surface area contributed by atoms with Crippen LogP contribution in [0.1, 0.15) is 285 Å². The van der Waals surface area contributed by atoms with Crippen LogP contribution >= 0.6 is 15.6 Å². The van der Waals surface area contributed by atoms with Gasteiger partial charge in [-0.05, 0) is 128 Å². The number of unbranched alkanes of at least 4 members (excludes halogenated alkanes) is 21. The summed E-state index contributed by atoms with van der Waals surface area (Å²) in [6, 6.07) is 0. The second kappa shape index (κ2) is 70.6. The summed E-state index contributed by atoms with van der Waals surface area (Å²) in [5, 5.41) is 10.6. The van der Waals surface area contributed by atoms with Gasteiger partial charge in [0.25, 0.3) is 0 Å². The van der Waals surface area contributed by atoms with Crippen molar-refractivity contribution in [3.8, 4) is 0 Å². The number of ether oxygens (including phenoxy) is 4. The Morgan fingerprint density at radius 1 is 0.296 bits per heavy atom. The Morgan fingerprint density at radius 3 is 0.908 bits per heavy atom. The van der Waals surface area contributed by atoms with Crippen LogP contribution in [0.5, 0.6) is 0 Å². The van der Waals surface area contributed by atoms with E-state index in [2.05, 4.69) is 149 Å². The molecule has 0 saturated carbocycles. The Labute approximate surface area is 593 Å². The first-order chi connectivity index (χ1) is 47.7. The smallest absolute Gasteiger partial charge is 0.462 e. The van der Waals surface area contributed by atoms with Crippen molar-refractivity contribution in [3.05, 3.63) is 134 Å². The zero-order valence-corrected chi connectivity index (χ0v) is 62.7. The molecule has 0 aliphatic heterocycles.